The van der Waals surface area contributed by atoms with Gasteiger partial charge in [0.2, 0.25) is 0 Å². The molecule has 0 radical (unpaired) electrons. The first-order valence-corrected chi connectivity index (χ1v) is 8.07. The summed E-state index contributed by atoms with van der Waals surface area (Å²) < 4.78 is 5.66. The molecule has 0 spiro atoms. The standard InChI is InChI=1S/C18H29NO/c1-4-20-13-12-18(14-19-15(2)3)11-7-9-16-8-5-6-10-17(16)18/h5-6,8,10,15,19H,4,7,9,11-14H2,1-3H3. The zero-order valence-electron chi connectivity index (χ0n) is 13.2. The molecule has 1 aromatic rings. The predicted molar refractivity (Wildman–Crippen MR) is 85.3 cm³/mol. The van der Waals surface area contributed by atoms with Crippen molar-refractivity contribution in [3.8, 4) is 0 Å². The van der Waals surface area contributed by atoms with Crippen molar-refractivity contribution in [1.29, 1.82) is 0 Å². The Balaban J connectivity index is 2.22. The summed E-state index contributed by atoms with van der Waals surface area (Å²) in [6.07, 6.45) is 4.92. The number of hydrogen-bond donors (Lipinski definition) is 1. The van der Waals surface area contributed by atoms with Crippen molar-refractivity contribution < 1.29 is 4.74 Å². The van der Waals surface area contributed by atoms with Crippen LogP contribution in [0.1, 0.15) is 51.2 Å². The van der Waals surface area contributed by atoms with Crippen LogP contribution in [-0.2, 0) is 16.6 Å². The van der Waals surface area contributed by atoms with Crippen LogP contribution in [0.4, 0.5) is 0 Å². The molecule has 0 saturated carbocycles. The van der Waals surface area contributed by atoms with Crippen molar-refractivity contribution in [2.75, 3.05) is 19.8 Å². The van der Waals surface area contributed by atoms with Crippen LogP contribution in [0.25, 0.3) is 0 Å². The molecule has 0 aliphatic heterocycles. The van der Waals surface area contributed by atoms with Gasteiger partial charge < -0.3 is 10.1 Å². The monoisotopic (exact) mass is 275 g/mol. The zero-order valence-corrected chi connectivity index (χ0v) is 13.2. The van der Waals surface area contributed by atoms with Crippen LogP contribution < -0.4 is 5.32 Å². The molecular formula is C18H29NO. The topological polar surface area (TPSA) is 21.3 Å². The van der Waals surface area contributed by atoms with Crippen molar-refractivity contribution in [1.82, 2.24) is 5.32 Å². The summed E-state index contributed by atoms with van der Waals surface area (Å²) in [5, 5.41) is 3.67. The molecule has 2 nitrogen and oxygen atoms in total. The maximum absolute atomic E-state index is 5.66. The molecule has 2 rings (SSSR count). The van der Waals surface area contributed by atoms with Gasteiger partial charge in [0, 0.05) is 31.2 Å². The van der Waals surface area contributed by atoms with Crippen molar-refractivity contribution in [3.63, 3.8) is 0 Å². The maximum atomic E-state index is 5.66. The highest BCUT2D eigenvalue weighted by Gasteiger charge is 2.35. The van der Waals surface area contributed by atoms with E-state index in [0.717, 1.165) is 26.2 Å². The Kier molecular flexibility index (Phi) is 5.62. The fourth-order valence-corrected chi connectivity index (χ4v) is 3.35. The molecule has 0 heterocycles. The third kappa shape index (κ3) is 3.62. The highest BCUT2D eigenvalue weighted by molar-refractivity contribution is 5.37. The van der Waals surface area contributed by atoms with Crippen LogP contribution >= 0.6 is 0 Å². The Morgan fingerprint density at radius 3 is 2.85 bits per heavy atom. The summed E-state index contributed by atoms with van der Waals surface area (Å²) >= 11 is 0. The van der Waals surface area contributed by atoms with E-state index in [1.54, 1.807) is 11.1 Å². The van der Waals surface area contributed by atoms with Gasteiger partial charge in [-0.25, -0.2) is 0 Å². The molecular weight excluding hydrogens is 246 g/mol. The van der Waals surface area contributed by atoms with Crippen LogP contribution in [0.2, 0.25) is 0 Å². The Bertz CT molecular complexity index is 416. The quantitative estimate of drug-likeness (QED) is 0.766. The molecule has 1 atom stereocenters. The first-order chi connectivity index (χ1) is 9.68. The second-order valence-electron chi connectivity index (χ2n) is 6.27. The molecule has 1 aromatic carbocycles. The van der Waals surface area contributed by atoms with E-state index < -0.39 is 0 Å². The number of nitrogens with one attached hydrogen (secondary N) is 1. The van der Waals surface area contributed by atoms with E-state index in [1.165, 1.54) is 19.3 Å². The van der Waals surface area contributed by atoms with Gasteiger partial charge in [-0.3, -0.25) is 0 Å². The van der Waals surface area contributed by atoms with E-state index in [0.29, 0.717) is 6.04 Å². The fourth-order valence-electron chi connectivity index (χ4n) is 3.35. The van der Waals surface area contributed by atoms with Crippen molar-refractivity contribution in [2.45, 2.75) is 57.9 Å². The Hall–Kier alpha value is -0.860. The van der Waals surface area contributed by atoms with Crippen LogP contribution in [0.15, 0.2) is 24.3 Å². The summed E-state index contributed by atoms with van der Waals surface area (Å²) in [4.78, 5) is 0. The molecule has 0 saturated heterocycles. The molecule has 1 aliphatic carbocycles. The second kappa shape index (κ2) is 7.24. The minimum Gasteiger partial charge on any atom is -0.382 e. The molecule has 0 amide bonds. The molecule has 1 aliphatic rings. The number of benzene rings is 1. The first kappa shape index (κ1) is 15.5. The number of aryl methyl sites for hydroxylation is 1. The molecule has 1 unspecified atom stereocenters. The predicted octanol–water partition coefficient (Wildman–Crippen LogP) is 3.69. The van der Waals surface area contributed by atoms with Crippen molar-refractivity contribution in [2.24, 2.45) is 0 Å². The first-order valence-electron chi connectivity index (χ1n) is 8.07. The fraction of sp³-hybridized carbons (Fsp3) is 0.667. The van der Waals surface area contributed by atoms with E-state index in [-0.39, 0.29) is 5.41 Å². The molecule has 112 valence electrons. The van der Waals surface area contributed by atoms with Gasteiger partial charge in [-0.1, -0.05) is 38.1 Å². The maximum Gasteiger partial charge on any atom is 0.0474 e. The number of hydrogen-bond acceptors (Lipinski definition) is 2. The lowest BCUT2D eigenvalue weighted by Gasteiger charge is -2.40. The van der Waals surface area contributed by atoms with Crippen LogP contribution in [0.3, 0.4) is 0 Å². The molecule has 0 aromatic heterocycles. The van der Waals surface area contributed by atoms with Gasteiger partial charge in [-0.2, -0.15) is 0 Å². The van der Waals surface area contributed by atoms with Gasteiger partial charge in [0.25, 0.3) is 0 Å². The zero-order chi connectivity index (χ0) is 14.4. The number of rotatable bonds is 7. The minimum atomic E-state index is 0.258. The largest absolute Gasteiger partial charge is 0.382 e. The lowest BCUT2D eigenvalue weighted by molar-refractivity contribution is 0.118. The van der Waals surface area contributed by atoms with Crippen LogP contribution in [0, 0.1) is 0 Å². The summed E-state index contributed by atoms with van der Waals surface area (Å²) in [5.41, 5.74) is 3.36. The summed E-state index contributed by atoms with van der Waals surface area (Å²) in [6.45, 7) is 9.28. The smallest absolute Gasteiger partial charge is 0.0474 e. The van der Waals surface area contributed by atoms with Crippen molar-refractivity contribution in [3.05, 3.63) is 35.4 Å². The van der Waals surface area contributed by atoms with Gasteiger partial charge in [-0.05, 0) is 43.7 Å². The molecule has 0 bridgehead atoms. The Morgan fingerprint density at radius 2 is 2.10 bits per heavy atom. The number of ether oxygens (including phenoxy) is 1. The van der Waals surface area contributed by atoms with E-state index in [4.69, 9.17) is 4.74 Å². The van der Waals surface area contributed by atoms with Crippen LogP contribution in [0.5, 0.6) is 0 Å². The normalized spacial score (nSPS) is 22.0. The van der Waals surface area contributed by atoms with E-state index in [2.05, 4.69) is 50.4 Å². The van der Waals surface area contributed by atoms with Gasteiger partial charge >= 0.3 is 0 Å². The molecule has 1 N–H and O–H groups in total. The summed E-state index contributed by atoms with van der Waals surface area (Å²) in [5.74, 6) is 0. The average Bonchev–Trinajstić information content (AvgIpc) is 2.46. The van der Waals surface area contributed by atoms with Gasteiger partial charge in [0.15, 0.2) is 0 Å². The lowest BCUT2D eigenvalue weighted by atomic mass is 9.68. The lowest BCUT2D eigenvalue weighted by Crippen LogP contribution is -2.44. The van der Waals surface area contributed by atoms with Gasteiger partial charge in [-0.15, -0.1) is 0 Å². The highest BCUT2D eigenvalue weighted by Crippen LogP contribution is 2.39. The summed E-state index contributed by atoms with van der Waals surface area (Å²) in [6, 6.07) is 9.54. The molecule has 20 heavy (non-hydrogen) atoms. The van der Waals surface area contributed by atoms with Crippen molar-refractivity contribution >= 4 is 0 Å². The van der Waals surface area contributed by atoms with E-state index >= 15 is 0 Å². The third-order valence-corrected chi connectivity index (χ3v) is 4.47. The highest BCUT2D eigenvalue weighted by atomic mass is 16.5. The van der Waals surface area contributed by atoms with Crippen LogP contribution in [-0.4, -0.2) is 25.8 Å². The Morgan fingerprint density at radius 1 is 1.30 bits per heavy atom. The average molecular weight is 275 g/mol. The van der Waals surface area contributed by atoms with E-state index in [9.17, 15) is 0 Å². The molecule has 2 heteroatoms. The SMILES string of the molecule is CCOCCC1(CNC(C)C)CCCc2ccccc21. The Labute approximate surface area is 123 Å². The van der Waals surface area contributed by atoms with Gasteiger partial charge in [0.05, 0.1) is 0 Å². The molecule has 0 fully saturated rings. The summed E-state index contributed by atoms with van der Waals surface area (Å²) in [7, 11) is 0. The number of fused-ring (bicyclic) bond motifs is 1. The second-order valence-corrected chi connectivity index (χ2v) is 6.27. The third-order valence-electron chi connectivity index (χ3n) is 4.47. The minimum absolute atomic E-state index is 0.258. The van der Waals surface area contributed by atoms with E-state index in [1.807, 2.05) is 0 Å². The van der Waals surface area contributed by atoms with Gasteiger partial charge in [0.1, 0.15) is 0 Å².